The van der Waals surface area contributed by atoms with Crippen molar-refractivity contribution >= 4 is 6.40 Å². The fraction of sp³-hybridized carbons (Fsp3) is 0.250. The maximum absolute atomic E-state index is 8.04. The van der Waals surface area contributed by atoms with E-state index in [1.807, 2.05) is 0 Å². The van der Waals surface area contributed by atoms with Crippen molar-refractivity contribution < 1.29 is 4.74 Å². The molecule has 0 spiro atoms. The third-order valence-electron chi connectivity index (χ3n) is 0.520. The van der Waals surface area contributed by atoms with Crippen molar-refractivity contribution in [1.82, 2.24) is 0 Å². The quantitative estimate of drug-likeness (QED) is 0.418. The first-order chi connectivity index (χ1) is 3.43. The Kier molecular flexibility index (Phi) is 0.947. The maximum atomic E-state index is 8.04. The summed E-state index contributed by atoms with van der Waals surface area (Å²) < 4.78 is 4.26. The number of hydrogen-bond donors (Lipinski definition) is 0. The molecule has 3 heteroatoms. The minimum atomic E-state index is -0.556. The molecule has 1 atom stereocenters. The zero-order chi connectivity index (χ0) is 5.11. The number of nitriles is 1. The predicted molar refractivity (Wildman–Crippen MR) is 21.2 cm³/mol. The van der Waals surface area contributed by atoms with E-state index in [-0.39, 0.29) is 0 Å². The Labute approximate surface area is 41.2 Å². The highest BCUT2D eigenvalue weighted by molar-refractivity contribution is 5.51. The summed E-state index contributed by atoms with van der Waals surface area (Å²) in [6.45, 7) is 2.27. The van der Waals surface area contributed by atoms with E-state index in [1.54, 1.807) is 6.07 Å². The molecule has 1 unspecified atom stereocenters. The Morgan fingerprint density at radius 2 is 2.71 bits per heavy atom. The molecule has 0 saturated carbocycles. The standard InChI is InChI=1S/C4HN2O/c5-1-4-2-7-3-6-4/h4H. The van der Waals surface area contributed by atoms with E-state index in [0.717, 1.165) is 0 Å². The normalized spacial score (nSPS) is 26.4. The average molecular weight is 93.1 g/mol. The van der Waals surface area contributed by atoms with Crippen molar-refractivity contribution in [2.24, 2.45) is 4.99 Å². The SMILES string of the molecule is N#CC1[C]O[C]=N1. The van der Waals surface area contributed by atoms with Gasteiger partial charge in [0.25, 0.3) is 6.40 Å². The highest BCUT2D eigenvalue weighted by atomic mass is 16.5. The van der Waals surface area contributed by atoms with E-state index in [1.165, 1.54) is 0 Å². The van der Waals surface area contributed by atoms with Gasteiger partial charge in [0.05, 0.1) is 6.07 Å². The van der Waals surface area contributed by atoms with E-state index in [4.69, 9.17) is 5.26 Å². The summed E-state index contributed by atoms with van der Waals surface area (Å²) in [5.41, 5.74) is 0. The first-order valence-electron chi connectivity index (χ1n) is 1.69. The lowest BCUT2D eigenvalue weighted by Gasteiger charge is -1.81. The summed E-state index contributed by atoms with van der Waals surface area (Å²) in [7, 11) is 0. The lowest BCUT2D eigenvalue weighted by molar-refractivity contribution is 0.431. The van der Waals surface area contributed by atoms with Crippen molar-refractivity contribution in [2.45, 2.75) is 6.04 Å². The Bertz CT molecular complexity index is 124. The lowest BCUT2D eigenvalue weighted by atomic mass is 10.4. The molecular weight excluding hydrogens is 92.1 g/mol. The summed E-state index contributed by atoms with van der Waals surface area (Å²) in [4.78, 5) is 3.41. The van der Waals surface area contributed by atoms with Crippen molar-refractivity contribution in [3.63, 3.8) is 0 Å². The Morgan fingerprint density at radius 1 is 1.86 bits per heavy atom. The molecule has 7 heavy (non-hydrogen) atoms. The van der Waals surface area contributed by atoms with Crippen molar-refractivity contribution in [3.05, 3.63) is 6.61 Å². The summed E-state index contributed by atoms with van der Waals surface area (Å²) >= 11 is 0. The van der Waals surface area contributed by atoms with Gasteiger partial charge in [-0.25, -0.2) is 4.99 Å². The van der Waals surface area contributed by atoms with Crippen LogP contribution in [0.5, 0.6) is 0 Å². The molecule has 0 bridgehead atoms. The molecule has 33 valence electrons. The van der Waals surface area contributed by atoms with Crippen LogP contribution in [0.2, 0.25) is 0 Å². The van der Waals surface area contributed by atoms with Gasteiger partial charge >= 0.3 is 0 Å². The van der Waals surface area contributed by atoms with Crippen LogP contribution >= 0.6 is 0 Å². The Hall–Kier alpha value is -1.04. The van der Waals surface area contributed by atoms with Gasteiger partial charge in [-0.3, -0.25) is 0 Å². The number of ether oxygens (including phenoxy) is 1. The number of aliphatic imine (C=N–C) groups is 1. The van der Waals surface area contributed by atoms with E-state index in [0.29, 0.717) is 0 Å². The van der Waals surface area contributed by atoms with Gasteiger partial charge in [0.2, 0.25) is 6.61 Å². The monoisotopic (exact) mass is 93.0 g/mol. The van der Waals surface area contributed by atoms with Crippen LogP contribution < -0.4 is 0 Å². The van der Waals surface area contributed by atoms with Gasteiger partial charge in [-0.2, -0.15) is 5.26 Å². The molecule has 1 heterocycles. The minimum Gasteiger partial charge on any atom is -0.455 e. The molecule has 0 N–H and O–H groups in total. The fourth-order valence-corrected chi connectivity index (χ4v) is 0.243. The minimum absolute atomic E-state index is 0.556. The molecule has 0 amide bonds. The molecular formula is C4HN2O. The first kappa shape index (κ1) is 4.13. The molecule has 1 rings (SSSR count). The largest absolute Gasteiger partial charge is 0.455 e. The number of hydrogen-bond acceptors (Lipinski definition) is 3. The topological polar surface area (TPSA) is 45.4 Å². The summed E-state index contributed by atoms with van der Waals surface area (Å²) in [5, 5.41) is 8.04. The summed E-state index contributed by atoms with van der Waals surface area (Å²) in [6.07, 6.45) is 2.11. The van der Waals surface area contributed by atoms with Gasteiger partial charge in [-0.05, 0) is 0 Å². The van der Waals surface area contributed by atoms with Gasteiger partial charge in [0.15, 0.2) is 6.04 Å². The van der Waals surface area contributed by atoms with Crippen LogP contribution in [0.4, 0.5) is 0 Å². The van der Waals surface area contributed by atoms with Crippen molar-refractivity contribution in [2.75, 3.05) is 0 Å². The van der Waals surface area contributed by atoms with E-state index < -0.39 is 6.04 Å². The van der Waals surface area contributed by atoms with E-state index >= 15 is 0 Å². The second-order valence-electron chi connectivity index (χ2n) is 0.972. The van der Waals surface area contributed by atoms with Gasteiger partial charge in [-0.15, -0.1) is 0 Å². The van der Waals surface area contributed by atoms with Gasteiger partial charge in [-0.1, -0.05) is 0 Å². The van der Waals surface area contributed by atoms with Crippen LogP contribution in [0, 0.1) is 17.9 Å². The zero-order valence-corrected chi connectivity index (χ0v) is 3.38. The Morgan fingerprint density at radius 3 is 3.00 bits per heavy atom. The highest BCUT2D eigenvalue weighted by Gasteiger charge is 2.11. The molecule has 3 radical (unpaired) electrons. The first-order valence-corrected chi connectivity index (χ1v) is 1.69. The molecule has 1 aliphatic heterocycles. The summed E-state index contributed by atoms with van der Waals surface area (Å²) in [6, 6.07) is 1.24. The van der Waals surface area contributed by atoms with Crippen LogP contribution in [0.15, 0.2) is 4.99 Å². The lowest BCUT2D eigenvalue weighted by Crippen LogP contribution is -1.93. The molecule has 0 aliphatic carbocycles. The number of nitrogens with zero attached hydrogens (tertiary/aromatic N) is 2. The van der Waals surface area contributed by atoms with E-state index in [9.17, 15) is 0 Å². The molecule has 1 aliphatic rings. The zero-order valence-electron chi connectivity index (χ0n) is 3.38. The molecule has 0 aromatic carbocycles. The Balaban J connectivity index is 2.47. The predicted octanol–water partition coefficient (Wildman–Crippen LogP) is -0.147. The van der Waals surface area contributed by atoms with E-state index in [2.05, 4.69) is 22.7 Å². The van der Waals surface area contributed by atoms with Crippen LogP contribution in [0.3, 0.4) is 0 Å². The molecule has 0 saturated heterocycles. The average Bonchev–Trinajstić information content (AvgIpc) is 2.14. The second-order valence-corrected chi connectivity index (χ2v) is 0.972. The van der Waals surface area contributed by atoms with Crippen LogP contribution in [0.25, 0.3) is 0 Å². The van der Waals surface area contributed by atoms with Gasteiger partial charge < -0.3 is 4.74 Å². The van der Waals surface area contributed by atoms with Crippen molar-refractivity contribution in [1.29, 1.82) is 5.26 Å². The molecule has 0 aromatic rings. The van der Waals surface area contributed by atoms with Crippen molar-refractivity contribution in [3.8, 4) is 6.07 Å². The third-order valence-corrected chi connectivity index (χ3v) is 0.520. The smallest absolute Gasteiger partial charge is 0.275 e. The van der Waals surface area contributed by atoms with Gasteiger partial charge in [0.1, 0.15) is 0 Å². The molecule has 0 aromatic heterocycles. The second kappa shape index (κ2) is 1.61. The number of rotatable bonds is 0. The third kappa shape index (κ3) is 0.686. The highest BCUT2D eigenvalue weighted by Crippen LogP contribution is 2.00. The maximum Gasteiger partial charge on any atom is 0.275 e. The van der Waals surface area contributed by atoms with Crippen LogP contribution in [-0.4, -0.2) is 12.4 Å². The van der Waals surface area contributed by atoms with Crippen LogP contribution in [-0.2, 0) is 4.74 Å². The molecule has 0 fully saturated rings. The van der Waals surface area contributed by atoms with Crippen LogP contribution in [0.1, 0.15) is 0 Å². The fourth-order valence-electron chi connectivity index (χ4n) is 0.243. The molecule has 3 nitrogen and oxygen atoms in total. The summed E-state index contributed by atoms with van der Waals surface area (Å²) in [5.74, 6) is 0. The van der Waals surface area contributed by atoms with Gasteiger partial charge in [0, 0.05) is 0 Å².